The third kappa shape index (κ3) is 3.78. The van der Waals surface area contributed by atoms with Crippen LogP contribution in [0.2, 0.25) is 0 Å². The largest absolute Gasteiger partial charge is 0.311 e. The second-order valence-electron chi connectivity index (χ2n) is 4.96. The van der Waals surface area contributed by atoms with E-state index in [-0.39, 0.29) is 0 Å². The second kappa shape index (κ2) is 7.01. The third-order valence-corrected chi connectivity index (χ3v) is 3.26. The van der Waals surface area contributed by atoms with Crippen LogP contribution in [0.15, 0.2) is 42.1 Å². The number of nitrogens with one attached hydrogen (secondary N) is 1. The van der Waals surface area contributed by atoms with Crippen molar-refractivity contribution < 1.29 is 0 Å². The van der Waals surface area contributed by atoms with Gasteiger partial charge >= 0.3 is 0 Å². The predicted octanol–water partition coefficient (Wildman–Crippen LogP) is 3.06. The highest BCUT2D eigenvalue weighted by Crippen LogP contribution is 2.09. The number of nitrogens with zero attached hydrogens (tertiary/aromatic N) is 3. The van der Waals surface area contributed by atoms with Gasteiger partial charge in [-0.1, -0.05) is 30.7 Å². The smallest absolute Gasteiger partial charge is 0.106 e. The number of benzene rings is 1. The molecule has 2 rings (SSSR count). The van der Waals surface area contributed by atoms with E-state index in [0.29, 0.717) is 6.04 Å². The predicted molar refractivity (Wildman–Crippen MR) is 82.8 cm³/mol. The monoisotopic (exact) mass is 270 g/mol. The minimum Gasteiger partial charge on any atom is -0.311 e. The Morgan fingerprint density at radius 2 is 2.10 bits per heavy atom. The number of para-hydroxylation sites is 1. The quantitative estimate of drug-likeness (QED) is 0.877. The molecule has 0 aliphatic carbocycles. The van der Waals surface area contributed by atoms with E-state index in [9.17, 15) is 0 Å². The molecule has 0 bridgehead atoms. The molecule has 2 aromatic rings. The molecule has 1 aromatic heterocycles. The molecule has 0 aliphatic rings. The van der Waals surface area contributed by atoms with Crippen molar-refractivity contribution in [1.82, 2.24) is 20.3 Å². The van der Waals surface area contributed by atoms with Gasteiger partial charge in [0.2, 0.25) is 0 Å². The Hall–Kier alpha value is -1.94. The molecule has 1 N–H and O–H groups in total. The summed E-state index contributed by atoms with van der Waals surface area (Å²) in [6, 6.07) is 10.3. The Bertz CT molecular complexity index is 557. The lowest BCUT2D eigenvalue weighted by atomic mass is 10.1. The van der Waals surface area contributed by atoms with Gasteiger partial charge in [-0.2, -0.15) is 9.90 Å². The fourth-order valence-corrected chi connectivity index (χ4v) is 1.91. The number of rotatable bonds is 6. The summed E-state index contributed by atoms with van der Waals surface area (Å²) in [5.74, 6) is 0. The van der Waals surface area contributed by atoms with Crippen LogP contribution in [0.1, 0.15) is 32.9 Å². The number of hydrogen-bond donors (Lipinski definition) is 1. The molecular weight excluding hydrogens is 248 g/mol. The van der Waals surface area contributed by atoms with E-state index < -0.39 is 0 Å². The fourth-order valence-electron chi connectivity index (χ4n) is 1.91. The van der Waals surface area contributed by atoms with Crippen LogP contribution in [0.25, 0.3) is 11.8 Å². The molecular formula is C16H22N4. The van der Waals surface area contributed by atoms with Crippen LogP contribution in [0, 0.1) is 0 Å². The SMILES string of the molecule is CCCNC(C)/C(C)=C/c1cnn(-c2ccccc2)n1. The summed E-state index contributed by atoms with van der Waals surface area (Å²) in [6.45, 7) is 7.49. The van der Waals surface area contributed by atoms with Gasteiger partial charge in [-0.25, -0.2) is 0 Å². The molecule has 4 heteroatoms. The first-order valence-electron chi connectivity index (χ1n) is 7.10. The summed E-state index contributed by atoms with van der Waals surface area (Å²) in [4.78, 5) is 1.66. The van der Waals surface area contributed by atoms with Crippen LogP contribution in [0.3, 0.4) is 0 Å². The van der Waals surface area contributed by atoms with Crippen molar-refractivity contribution in [3.8, 4) is 5.69 Å². The Morgan fingerprint density at radius 3 is 2.80 bits per heavy atom. The third-order valence-electron chi connectivity index (χ3n) is 3.26. The Labute approximate surface area is 120 Å². The molecule has 0 fully saturated rings. The molecule has 4 nitrogen and oxygen atoms in total. The average molecular weight is 270 g/mol. The van der Waals surface area contributed by atoms with Gasteiger partial charge in [0, 0.05) is 6.04 Å². The van der Waals surface area contributed by atoms with Gasteiger partial charge in [-0.15, -0.1) is 5.10 Å². The molecule has 1 heterocycles. The van der Waals surface area contributed by atoms with Gasteiger partial charge in [-0.3, -0.25) is 0 Å². The zero-order valence-electron chi connectivity index (χ0n) is 12.4. The molecule has 0 spiro atoms. The standard InChI is InChI=1S/C16H22N4/c1-4-10-17-14(3)13(2)11-15-12-18-20(19-15)16-8-6-5-7-9-16/h5-9,11-12,14,17H,4,10H2,1-3H3/b13-11+. The lowest BCUT2D eigenvalue weighted by Gasteiger charge is -2.13. The molecule has 1 atom stereocenters. The summed E-state index contributed by atoms with van der Waals surface area (Å²) in [5, 5.41) is 12.3. The summed E-state index contributed by atoms with van der Waals surface area (Å²) in [6.07, 6.45) is 5.02. The average Bonchev–Trinajstić information content (AvgIpc) is 2.94. The van der Waals surface area contributed by atoms with E-state index in [2.05, 4.69) is 42.4 Å². The van der Waals surface area contributed by atoms with Crippen LogP contribution in [-0.2, 0) is 0 Å². The molecule has 1 unspecified atom stereocenters. The highest BCUT2D eigenvalue weighted by atomic mass is 15.5. The molecule has 1 aromatic carbocycles. The van der Waals surface area contributed by atoms with Crippen molar-refractivity contribution in [2.24, 2.45) is 0 Å². The highest BCUT2D eigenvalue weighted by Gasteiger charge is 2.05. The normalized spacial score (nSPS) is 13.4. The molecule has 0 amide bonds. The Balaban J connectivity index is 2.09. The van der Waals surface area contributed by atoms with Gasteiger partial charge in [-0.05, 0) is 45.0 Å². The zero-order chi connectivity index (χ0) is 14.4. The van der Waals surface area contributed by atoms with Crippen LogP contribution in [0.5, 0.6) is 0 Å². The maximum absolute atomic E-state index is 4.48. The Morgan fingerprint density at radius 1 is 1.35 bits per heavy atom. The van der Waals surface area contributed by atoms with E-state index in [1.807, 2.05) is 30.3 Å². The molecule has 0 aliphatic heterocycles. The molecule has 0 saturated carbocycles. The van der Waals surface area contributed by atoms with E-state index in [1.165, 1.54) is 5.57 Å². The molecule has 0 radical (unpaired) electrons. The summed E-state index contributed by atoms with van der Waals surface area (Å²) < 4.78 is 0. The van der Waals surface area contributed by atoms with Gasteiger partial charge in [0.05, 0.1) is 11.9 Å². The first-order chi connectivity index (χ1) is 9.70. The highest BCUT2D eigenvalue weighted by molar-refractivity contribution is 5.48. The number of hydrogen-bond acceptors (Lipinski definition) is 3. The lowest BCUT2D eigenvalue weighted by molar-refractivity contribution is 0.604. The minimum absolute atomic E-state index is 0.358. The van der Waals surface area contributed by atoms with Crippen molar-refractivity contribution in [2.45, 2.75) is 33.2 Å². The van der Waals surface area contributed by atoms with Crippen molar-refractivity contribution in [2.75, 3.05) is 6.54 Å². The second-order valence-corrected chi connectivity index (χ2v) is 4.96. The van der Waals surface area contributed by atoms with Gasteiger partial charge < -0.3 is 5.32 Å². The van der Waals surface area contributed by atoms with Crippen LogP contribution >= 0.6 is 0 Å². The van der Waals surface area contributed by atoms with Gasteiger partial charge in [0.15, 0.2) is 0 Å². The minimum atomic E-state index is 0.358. The van der Waals surface area contributed by atoms with E-state index in [4.69, 9.17) is 0 Å². The van der Waals surface area contributed by atoms with Crippen molar-refractivity contribution >= 4 is 6.08 Å². The van der Waals surface area contributed by atoms with E-state index in [1.54, 1.807) is 11.0 Å². The topological polar surface area (TPSA) is 42.7 Å². The molecule has 106 valence electrons. The van der Waals surface area contributed by atoms with Crippen molar-refractivity contribution in [3.63, 3.8) is 0 Å². The maximum atomic E-state index is 4.48. The van der Waals surface area contributed by atoms with Crippen LogP contribution in [-0.4, -0.2) is 27.6 Å². The van der Waals surface area contributed by atoms with E-state index in [0.717, 1.165) is 24.3 Å². The van der Waals surface area contributed by atoms with E-state index >= 15 is 0 Å². The number of aromatic nitrogens is 3. The zero-order valence-corrected chi connectivity index (χ0v) is 12.4. The summed E-state index contributed by atoms with van der Waals surface area (Å²) in [5.41, 5.74) is 3.12. The Kier molecular flexibility index (Phi) is 5.07. The lowest BCUT2D eigenvalue weighted by Crippen LogP contribution is -2.27. The summed E-state index contributed by atoms with van der Waals surface area (Å²) >= 11 is 0. The van der Waals surface area contributed by atoms with Crippen LogP contribution in [0.4, 0.5) is 0 Å². The van der Waals surface area contributed by atoms with Crippen LogP contribution < -0.4 is 5.32 Å². The van der Waals surface area contributed by atoms with Crippen molar-refractivity contribution in [3.05, 3.63) is 47.8 Å². The fraction of sp³-hybridized carbons (Fsp3) is 0.375. The first kappa shape index (κ1) is 14.5. The van der Waals surface area contributed by atoms with Gasteiger partial charge in [0.1, 0.15) is 5.69 Å². The van der Waals surface area contributed by atoms with Crippen molar-refractivity contribution in [1.29, 1.82) is 0 Å². The molecule has 0 saturated heterocycles. The molecule has 20 heavy (non-hydrogen) atoms. The van der Waals surface area contributed by atoms with Gasteiger partial charge in [0.25, 0.3) is 0 Å². The summed E-state index contributed by atoms with van der Waals surface area (Å²) in [7, 11) is 0. The first-order valence-corrected chi connectivity index (χ1v) is 7.10. The maximum Gasteiger partial charge on any atom is 0.106 e.